The summed E-state index contributed by atoms with van der Waals surface area (Å²) in [6, 6.07) is 8.07. The van der Waals surface area contributed by atoms with E-state index in [-0.39, 0.29) is 5.92 Å². The Balaban J connectivity index is 1.86. The summed E-state index contributed by atoms with van der Waals surface area (Å²) >= 11 is 6.41. The second-order valence-electron chi connectivity index (χ2n) is 6.80. The van der Waals surface area contributed by atoms with Crippen molar-refractivity contribution in [1.82, 2.24) is 14.7 Å². The molecule has 2 heterocycles. The number of nitrogens with zero attached hydrogens (tertiary/aromatic N) is 3. The fraction of sp³-hybridized carbons (Fsp3) is 0.474. The first-order chi connectivity index (χ1) is 11.9. The summed E-state index contributed by atoms with van der Waals surface area (Å²) in [5.74, 6) is -1.13. The highest BCUT2D eigenvalue weighted by Gasteiger charge is 2.39. The van der Waals surface area contributed by atoms with Crippen LogP contribution in [-0.2, 0) is 24.8 Å². The maximum atomic E-state index is 11.8. The van der Waals surface area contributed by atoms with Crippen LogP contribution < -0.4 is 0 Å². The van der Waals surface area contributed by atoms with Crippen molar-refractivity contribution in [3.63, 3.8) is 0 Å². The van der Waals surface area contributed by atoms with E-state index in [2.05, 4.69) is 16.9 Å². The highest BCUT2D eigenvalue weighted by molar-refractivity contribution is 6.30. The minimum Gasteiger partial charge on any atom is -0.481 e. The summed E-state index contributed by atoms with van der Waals surface area (Å²) in [6.07, 6.45) is 0.813. The molecule has 0 unspecified atom stereocenters. The zero-order valence-electron chi connectivity index (χ0n) is 14.9. The van der Waals surface area contributed by atoms with Gasteiger partial charge in [-0.15, -0.1) is 0 Å². The lowest BCUT2D eigenvalue weighted by Gasteiger charge is -2.18. The van der Waals surface area contributed by atoms with E-state index in [0.29, 0.717) is 18.2 Å². The van der Waals surface area contributed by atoms with Gasteiger partial charge in [-0.3, -0.25) is 14.4 Å². The third-order valence-electron chi connectivity index (χ3n) is 5.17. The van der Waals surface area contributed by atoms with Gasteiger partial charge in [-0.2, -0.15) is 5.10 Å². The van der Waals surface area contributed by atoms with Crippen molar-refractivity contribution >= 4 is 17.6 Å². The molecular weight excluding hydrogens is 338 g/mol. The molecule has 25 heavy (non-hydrogen) atoms. The number of hydrogen-bond acceptors (Lipinski definition) is 3. The van der Waals surface area contributed by atoms with Gasteiger partial charge >= 0.3 is 5.97 Å². The number of rotatable bonds is 5. The SMILES string of the molecule is CCc1nn(C)c(Cl)c1CN1C[C@H](C(=O)O)[C@@H](c2ccccc2C)C1. The molecule has 6 heteroatoms. The molecule has 0 aliphatic carbocycles. The predicted molar refractivity (Wildman–Crippen MR) is 97.9 cm³/mol. The molecule has 2 atom stereocenters. The summed E-state index contributed by atoms with van der Waals surface area (Å²) in [5.41, 5.74) is 4.28. The molecule has 1 aromatic heterocycles. The van der Waals surface area contributed by atoms with Crippen molar-refractivity contribution in [2.75, 3.05) is 13.1 Å². The number of carbonyl (C=O) groups is 1. The summed E-state index contributed by atoms with van der Waals surface area (Å²) in [4.78, 5) is 14.0. The molecule has 5 nitrogen and oxygen atoms in total. The number of hydrogen-bond donors (Lipinski definition) is 1. The van der Waals surface area contributed by atoms with Crippen LogP contribution in [0.15, 0.2) is 24.3 Å². The van der Waals surface area contributed by atoms with Gasteiger partial charge in [-0.25, -0.2) is 0 Å². The summed E-state index contributed by atoms with van der Waals surface area (Å²) in [7, 11) is 1.84. The van der Waals surface area contributed by atoms with Crippen LogP contribution in [0.3, 0.4) is 0 Å². The van der Waals surface area contributed by atoms with Gasteiger partial charge in [0.05, 0.1) is 11.6 Å². The molecule has 1 aliphatic heterocycles. The largest absolute Gasteiger partial charge is 0.481 e. The number of halogens is 1. The van der Waals surface area contributed by atoms with Crippen LogP contribution in [0.25, 0.3) is 0 Å². The molecule has 0 saturated carbocycles. The number of benzene rings is 1. The highest BCUT2D eigenvalue weighted by Crippen LogP contribution is 2.36. The second-order valence-corrected chi connectivity index (χ2v) is 7.15. The van der Waals surface area contributed by atoms with E-state index in [9.17, 15) is 9.90 Å². The monoisotopic (exact) mass is 361 g/mol. The summed E-state index contributed by atoms with van der Waals surface area (Å²) in [6.45, 7) is 5.99. The molecule has 1 fully saturated rings. The Morgan fingerprint density at radius 1 is 1.36 bits per heavy atom. The van der Waals surface area contributed by atoms with Gasteiger partial charge in [-0.05, 0) is 24.5 Å². The average Bonchev–Trinajstić information content (AvgIpc) is 3.12. The van der Waals surface area contributed by atoms with E-state index in [1.54, 1.807) is 4.68 Å². The summed E-state index contributed by atoms with van der Waals surface area (Å²) < 4.78 is 1.69. The third-order valence-corrected chi connectivity index (χ3v) is 5.64. The van der Waals surface area contributed by atoms with Crippen molar-refractivity contribution in [3.05, 3.63) is 51.8 Å². The van der Waals surface area contributed by atoms with Gasteiger partial charge in [0.25, 0.3) is 0 Å². The molecule has 1 aliphatic rings. The quantitative estimate of drug-likeness (QED) is 0.888. The molecule has 3 rings (SSSR count). The Kier molecular flexibility index (Phi) is 5.16. The van der Waals surface area contributed by atoms with Crippen LogP contribution >= 0.6 is 11.6 Å². The standard InChI is InChI=1S/C19H24ClN3O2/c1-4-17-16(18(20)22(3)21-17)11-23-9-14(15(10-23)19(24)25)13-8-6-5-7-12(13)2/h5-8,14-15H,4,9-11H2,1-3H3,(H,24,25)/t14-,15+/m1/s1. The number of aryl methyl sites for hydroxylation is 3. The molecule has 1 N–H and O–H groups in total. The number of aliphatic carboxylic acids is 1. The number of aromatic nitrogens is 2. The van der Waals surface area contributed by atoms with E-state index in [0.717, 1.165) is 35.3 Å². The molecule has 2 aromatic rings. The Morgan fingerprint density at radius 2 is 2.08 bits per heavy atom. The summed E-state index contributed by atoms with van der Waals surface area (Å²) in [5, 5.41) is 14.8. The van der Waals surface area contributed by atoms with Gasteiger partial charge < -0.3 is 5.11 Å². The van der Waals surface area contributed by atoms with Gasteiger partial charge in [-0.1, -0.05) is 42.8 Å². The predicted octanol–water partition coefficient (Wildman–Crippen LogP) is 3.24. The van der Waals surface area contributed by atoms with Crippen LogP contribution in [0, 0.1) is 12.8 Å². The van der Waals surface area contributed by atoms with Crippen molar-refractivity contribution in [2.24, 2.45) is 13.0 Å². The average molecular weight is 362 g/mol. The second kappa shape index (κ2) is 7.18. The van der Waals surface area contributed by atoms with Gasteiger partial charge in [0, 0.05) is 38.2 Å². The first-order valence-electron chi connectivity index (χ1n) is 8.63. The third kappa shape index (κ3) is 3.44. The zero-order chi connectivity index (χ0) is 18.1. The smallest absolute Gasteiger partial charge is 0.308 e. The zero-order valence-corrected chi connectivity index (χ0v) is 15.6. The van der Waals surface area contributed by atoms with Gasteiger partial charge in [0.1, 0.15) is 5.15 Å². The van der Waals surface area contributed by atoms with Crippen LogP contribution in [0.1, 0.15) is 35.2 Å². The molecule has 1 aromatic carbocycles. The maximum absolute atomic E-state index is 11.8. The molecule has 0 amide bonds. The fourth-order valence-electron chi connectivity index (χ4n) is 3.85. The molecule has 1 saturated heterocycles. The number of carboxylic acids is 1. The molecule has 0 spiro atoms. The maximum Gasteiger partial charge on any atom is 0.308 e. The lowest BCUT2D eigenvalue weighted by Crippen LogP contribution is -2.23. The molecule has 134 valence electrons. The minimum absolute atomic E-state index is 0.000719. The normalized spacial score (nSPS) is 21.0. The Hall–Kier alpha value is -1.85. The molecule has 0 radical (unpaired) electrons. The lowest BCUT2D eigenvalue weighted by atomic mass is 9.86. The van der Waals surface area contributed by atoms with Gasteiger partial charge in [0.2, 0.25) is 0 Å². The van der Waals surface area contributed by atoms with E-state index in [1.807, 2.05) is 38.2 Å². The minimum atomic E-state index is -0.733. The number of carboxylic acid groups (broad SMARTS) is 1. The lowest BCUT2D eigenvalue weighted by molar-refractivity contribution is -0.141. The molecular formula is C19H24ClN3O2. The van der Waals surface area contributed by atoms with Crippen molar-refractivity contribution < 1.29 is 9.90 Å². The van der Waals surface area contributed by atoms with Crippen LogP contribution in [0.2, 0.25) is 5.15 Å². The van der Waals surface area contributed by atoms with Crippen LogP contribution in [0.5, 0.6) is 0 Å². The Bertz CT molecular complexity index is 787. The molecule has 0 bridgehead atoms. The van der Waals surface area contributed by atoms with E-state index >= 15 is 0 Å². The van der Waals surface area contributed by atoms with Crippen LogP contribution in [-0.4, -0.2) is 38.8 Å². The van der Waals surface area contributed by atoms with Gasteiger partial charge in [0.15, 0.2) is 0 Å². The highest BCUT2D eigenvalue weighted by atomic mass is 35.5. The first kappa shape index (κ1) is 18.0. The van der Waals surface area contributed by atoms with E-state index in [4.69, 9.17) is 11.6 Å². The van der Waals surface area contributed by atoms with Crippen molar-refractivity contribution in [2.45, 2.75) is 32.7 Å². The number of likely N-dealkylation sites (tertiary alicyclic amines) is 1. The van der Waals surface area contributed by atoms with Crippen LogP contribution in [0.4, 0.5) is 0 Å². The fourth-order valence-corrected chi connectivity index (χ4v) is 4.05. The van der Waals surface area contributed by atoms with E-state index in [1.165, 1.54) is 0 Å². The van der Waals surface area contributed by atoms with Crippen molar-refractivity contribution in [3.8, 4) is 0 Å². The van der Waals surface area contributed by atoms with Crippen molar-refractivity contribution in [1.29, 1.82) is 0 Å². The first-order valence-corrected chi connectivity index (χ1v) is 9.01. The topological polar surface area (TPSA) is 58.4 Å². The van der Waals surface area contributed by atoms with E-state index < -0.39 is 11.9 Å². The Morgan fingerprint density at radius 3 is 2.72 bits per heavy atom. The Labute approximate surface area is 153 Å².